The summed E-state index contributed by atoms with van der Waals surface area (Å²) in [5.74, 6) is 1.99. The molecular weight excluding hydrogens is 388 g/mol. The van der Waals surface area contributed by atoms with Crippen molar-refractivity contribution in [2.75, 3.05) is 57.7 Å². The van der Waals surface area contributed by atoms with E-state index in [9.17, 15) is 9.59 Å². The Labute approximate surface area is 187 Å². The molecule has 0 spiro atoms. The van der Waals surface area contributed by atoms with E-state index < -0.39 is 0 Å². The maximum atomic E-state index is 12.9. The number of rotatable bonds is 6. The van der Waals surface area contributed by atoms with Gasteiger partial charge in [0.1, 0.15) is 0 Å². The lowest BCUT2D eigenvalue weighted by atomic mass is 9.75. The van der Waals surface area contributed by atoms with Crippen LogP contribution >= 0.6 is 0 Å². The Bertz CT molecular complexity index is 760. The van der Waals surface area contributed by atoms with Crippen LogP contribution in [0.5, 0.6) is 0 Å². The van der Waals surface area contributed by atoms with Crippen molar-refractivity contribution in [2.24, 2.45) is 11.8 Å². The first kappa shape index (κ1) is 22.3. The maximum Gasteiger partial charge on any atom is 0.238 e. The smallest absolute Gasteiger partial charge is 0.238 e. The molecule has 2 atom stereocenters. The monoisotopic (exact) mass is 426 g/mol. The number of likely N-dealkylation sites (tertiary alicyclic amines) is 1. The van der Waals surface area contributed by atoms with Crippen molar-refractivity contribution in [3.05, 3.63) is 29.8 Å². The van der Waals surface area contributed by atoms with Crippen molar-refractivity contribution < 1.29 is 9.59 Å². The summed E-state index contributed by atoms with van der Waals surface area (Å²) in [5, 5.41) is 3.05. The first-order chi connectivity index (χ1) is 15.1. The summed E-state index contributed by atoms with van der Waals surface area (Å²) in [6.45, 7) is 8.20. The number of piperidine rings is 1. The summed E-state index contributed by atoms with van der Waals surface area (Å²) in [6, 6.07) is 7.97. The van der Waals surface area contributed by atoms with Crippen molar-refractivity contribution in [3.8, 4) is 0 Å². The lowest BCUT2D eigenvalue weighted by Gasteiger charge is -2.42. The molecule has 1 N–H and O–H groups in total. The first-order valence-corrected chi connectivity index (χ1v) is 12.2. The summed E-state index contributed by atoms with van der Waals surface area (Å²) >= 11 is 0. The largest absolute Gasteiger partial charge is 0.339 e. The average Bonchev–Trinajstić information content (AvgIpc) is 2.79. The topological polar surface area (TPSA) is 55.9 Å². The maximum absolute atomic E-state index is 12.9. The van der Waals surface area contributed by atoms with Crippen molar-refractivity contribution in [1.82, 2.24) is 14.7 Å². The highest BCUT2D eigenvalue weighted by Crippen LogP contribution is 2.35. The number of hydrogen-bond donors (Lipinski definition) is 1. The number of aryl methyl sites for hydroxylation is 1. The van der Waals surface area contributed by atoms with Crippen LogP contribution in [0.3, 0.4) is 0 Å². The number of nitrogens with one attached hydrogen (secondary N) is 1. The van der Waals surface area contributed by atoms with Gasteiger partial charge in [0.2, 0.25) is 11.8 Å². The molecule has 6 heteroatoms. The Kier molecular flexibility index (Phi) is 7.62. The Morgan fingerprint density at radius 3 is 2.42 bits per heavy atom. The third kappa shape index (κ3) is 5.86. The van der Waals surface area contributed by atoms with Crippen LogP contribution in [0, 0.1) is 11.8 Å². The molecule has 0 radical (unpaired) electrons. The van der Waals surface area contributed by atoms with Crippen LogP contribution in [0.1, 0.15) is 44.6 Å². The molecular formula is C25H38N4O2. The summed E-state index contributed by atoms with van der Waals surface area (Å²) in [5.41, 5.74) is 2.06. The Morgan fingerprint density at radius 2 is 1.65 bits per heavy atom. The van der Waals surface area contributed by atoms with E-state index in [1.54, 1.807) is 0 Å². The predicted octanol–water partition coefficient (Wildman–Crippen LogP) is 2.84. The van der Waals surface area contributed by atoms with E-state index in [-0.39, 0.29) is 11.8 Å². The third-order valence-electron chi connectivity index (χ3n) is 7.50. The zero-order valence-corrected chi connectivity index (χ0v) is 19.0. The summed E-state index contributed by atoms with van der Waals surface area (Å²) in [4.78, 5) is 31.9. The van der Waals surface area contributed by atoms with Crippen LogP contribution in [0.25, 0.3) is 0 Å². The van der Waals surface area contributed by atoms with Crippen molar-refractivity contribution in [3.63, 3.8) is 0 Å². The van der Waals surface area contributed by atoms with Gasteiger partial charge in [-0.25, -0.2) is 0 Å². The molecule has 4 rings (SSSR count). The highest BCUT2D eigenvalue weighted by molar-refractivity contribution is 5.93. The van der Waals surface area contributed by atoms with Crippen molar-refractivity contribution in [1.29, 1.82) is 0 Å². The fourth-order valence-corrected chi connectivity index (χ4v) is 5.61. The summed E-state index contributed by atoms with van der Waals surface area (Å²) in [7, 11) is 0. The molecule has 2 saturated heterocycles. The van der Waals surface area contributed by atoms with E-state index in [0.717, 1.165) is 68.8 Å². The van der Waals surface area contributed by atoms with Crippen molar-refractivity contribution in [2.45, 2.75) is 45.4 Å². The number of anilines is 1. The quantitative estimate of drug-likeness (QED) is 0.760. The fourth-order valence-electron chi connectivity index (χ4n) is 5.61. The molecule has 2 heterocycles. The number of fused-ring (bicyclic) bond motifs is 1. The van der Waals surface area contributed by atoms with E-state index >= 15 is 0 Å². The molecule has 1 aromatic carbocycles. The second-order valence-corrected chi connectivity index (χ2v) is 9.54. The number of benzene rings is 1. The minimum atomic E-state index is 0.0241. The van der Waals surface area contributed by atoms with Gasteiger partial charge in [0.05, 0.1) is 13.1 Å². The minimum Gasteiger partial charge on any atom is -0.339 e. The molecule has 1 aromatic rings. The van der Waals surface area contributed by atoms with Gasteiger partial charge >= 0.3 is 0 Å². The van der Waals surface area contributed by atoms with Gasteiger partial charge in [0.25, 0.3) is 0 Å². The van der Waals surface area contributed by atoms with Gasteiger partial charge in [-0.05, 0) is 49.3 Å². The molecule has 3 aliphatic rings. The average molecular weight is 427 g/mol. The fraction of sp³-hybridized carbons (Fsp3) is 0.680. The minimum absolute atomic E-state index is 0.0241. The van der Waals surface area contributed by atoms with E-state index in [1.807, 2.05) is 23.1 Å². The molecule has 0 aromatic heterocycles. The highest BCUT2D eigenvalue weighted by atomic mass is 16.2. The van der Waals surface area contributed by atoms with E-state index in [2.05, 4.69) is 28.1 Å². The van der Waals surface area contributed by atoms with Gasteiger partial charge in [-0.3, -0.25) is 19.4 Å². The van der Waals surface area contributed by atoms with Crippen LogP contribution in [0.15, 0.2) is 24.3 Å². The lowest BCUT2D eigenvalue weighted by Crippen LogP contribution is -2.53. The SMILES string of the molecule is CCc1ccccc1NC(=O)CN1CCN(C(=O)CN2CC[C@H]3CCCC[C@@H]3C2)CC1. The standard InChI is InChI=1S/C25H38N4O2/c1-2-20-7-5-6-10-23(20)26-24(30)18-27-13-15-29(16-14-27)25(31)19-28-12-11-21-8-3-4-9-22(21)17-28/h5-7,10,21-22H,2-4,8-9,11-19H2,1H3,(H,26,30)/t21-,22-/m1/s1. The zero-order chi connectivity index (χ0) is 21.6. The molecule has 3 fully saturated rings. The normalized spacial score (nSPS) is 25.1. The van der Waals surface area contributed by atoms with Gasteiger partial charge < -0.3 is 10.2 Å². The molecule has 2 amide bonds. The molecule has 1 saturated carbocycles. The lowest BCUT2D eigenvalue weighted by molar-refractivity contribution is -0.135. The Hall–Kier alpha value is -1.92. The van der Waals surface area contributed by atoms with Crippen molar-refractivity contribution >= 4 is 17.5 Å². The molecule has 0 unspecified atom stereocenters. The second kappa shape index (κ2) is 10.6. The molecule has 6 nitrogen and oxygen atoms in total. The van der Waals surface area contributed by atoms with Gasteiger partial charge in [-0.15, -0.1) is 0 Å². The molecule has 31 heavy (non-hydrogen) atoms. The van der Waals surface area contributed by atoms with Crippen LogP contribution in [-0.2, 0) is 16.0 Å². The molecule has 1 aliphatic carbocycles. The molecule has 2 aliphatic heterocycles. The Balaban J connectivity index is 1.19. The molecule has 170 valence electrons. The number of nitrogens with zero attached hydrogens (tertiary/aromatic N) is 3. The number of carbonyl (C=O) groups excluding carboxylic acids is 2. The van der Waals surface area contributed by atoms with Gasteiger partial charge in [0.15, 0.2) is 0 Å². The number of hydrogen-bond acceptors (Lipinski definition) is 4. The van der Waals surface area contributed by atoms with E-state index in [4.69, 9.17) is 0 Å². The Morgan fingerprint density at radius 1 is 0.903 bits per heavy atom. The summed E-state index contributed by atoms with van der Waals surface area (Å²) < 4.78 is 0. The number of piperazine rings is 1. The second-order valence-electron chi connectivity index (χ2n) is 9.54. The van der Waals surface area contributed by atoms with E-state index in [1.165, 1.54) is 32.1 Å². The number of para-hydroxylation sites is 1. The number of amides is 2. The van der Waals surface area contributed by atoms with E-state index in [0.29, 0.717) is 13.1 Å². The third-order valence-corrected chi connectivity index (χ3v) is 7.50. The van der Waals surface area contributed by atoms with Gasteiger partial charge in [-0.2, -0.15) is 0 Å². The highest BCUT2D eigenvalue weighted by Gasteiger charge is 2.32. The van der Waals surface area contributed by atoms with Gasteiger partial charge in [-0.1, -0.05) is 44.4 Å². The summed E-state index contributed by atoms with van der Waals surface area (Å²) in [6.07, 6.45) is 7.67. The van der Waals surface area contributed by atoms with Crippen LogP contribution in [-0.4, -0.2) is 78.9 Å². The van der Waals surface area contributed by atoms with Gasteiger partial charge in [0, 0.05) is 38.4 Å². The van der Waals surface area contributed by atoms with Crippen LogP contribution in [0.2, 0.25) is 0 Å². The molecule has 0 bridgehead atoms. The first-order valence-electron chi connectivity index (χ1n) is 12.2. The van der Waals surface area contributed by atoms with Crippen LogP contribution < -0.4 is 5.32 Å². The predicted molar refractivity (Wildman–Crippen MR) is 124 cm³/mol. The zero-order valence-electron chi connectivity index (χ0n) is 19.0. The number of carbonyl (C=O) groups is 2. The van der Waals surface area contributed by atoms with Crippen LogP contribution in [0.4, 0.5) is 5.69 Å².